The van der Waals surface area contributed by atoms with Crippen LogP contribution in [-0.4, -0.2) is 66.4 Å². The maximum atomic E-state index is 12.4. The van der Waals surface area contributed by atoms with E-state index in [9.17, 15) is 29.7 Å². The Hall–Kier alpha value is -3.41. The molecule has 5 atom stereocenters. The van der Waals surface area contributed by atoms with Crippen LogP contribution >= 0.6 is 12.6 Å². The van der Waals surface area contributed by atoms with Crippen LogP contribution in [0.5, 0.6) is 0 Å². The topological polar surface area (TPSA) is 168 Å². The van der Waals surface area contributed by atoms with Crippen molar-refractivity contribution >= 4 is 48.3 Å². The van der Waals surface area contributed by atoms with E-state index in [2.05, 4.69) is 32.9 Å². The first kappa shape index (κ1) is 33.5. The first-order chi connectivity index (χ1) is 20.7. The van der Waals surface area contributed by atoms with Crippen molar-refractivity contribution in [2.75, 3.05) is 0 Å². The number of H-pyrrole nitrogens is 2. The van der Waals surface area contributed by atoms with Crippen LogP contribution in [0, 0.1) is 25.7 Å². The lowest BCUT2D eigenvalue weighted by atomic mass is 9.88. The summed E-state index contributed by atoms with van der Waals surface area (Å²) in [7, 11) is 0. The number of carboxylic acid groups (broad SMARTS) is 2. The zero-order valence-corrected chi connectivity index (χ0v) is 27.1. The van der Waals surface area contributed by atoms with Crippen LogP contribution in [0.1, 0.15) is 80.6 Å². The Morgan fingerprint density at radius 1 is 1.02 bits per heavy atom. The summed E-state index contributed by atoms with van der Waals surface area (Å²) in [5.74, 6) is -1.93. The molecule has 238 valence electrons. The fourth-order valence-electron chi connectivity index (χ4n) is 6.68. The van der Waals surface area contributed by atoms with Crippen molar-refractivity contribution in [1.29, 1.82) is 0 Å². The maximum absolute atomic E-state index is 12.4. The number of thiol groups is 1. The summed E-state index contributed by atoms with van der Waals surface area (Å²) in [5, 5.41) is 34.3. The number of carbonyl (C=O) groups excluding carboxylic acids is 1. The normalized spacial score (nSPS) is 23.6. The summed E-state index contributed by atoms with van der Waals surface area (Å²) in [5.41, 5.74) is 7.42. The van der Waals surface area contributed by atoms with E-state index in [-0.39, 0.29) is 41.9 Å². The van der Waals surface area contributed by atoms with E-state index < -0.39 is 18.2 Å². The van der Waals surface area contributed by atoms with Gasteiger partial charge in [0.25, 0.3) is 5.91 Å². The molecular weight excluding hydrogens is 580 g/mol. The molecule has 2 unspecified atom stereocenters. The van der Waals surface area contributed by atoms with E-state index in [1.54, 1.807) is 0 Å². The summed E-state index contributed by atoms with van der Waals surface area (Å²) in [6.45, 7) is 11.8. The van der Waals surface area contributed by atoms with E-state index in [0.29, 0.717) is 37.0 Å². The van der Waals surface area contributed by atoms with Crippen molar-refractivity contribution in [3.05, 3.63) is 55.5 Å². The number of nitrogens with one attached hydrogen (secondary N) is 3. The van der Waals surface area contributed by atoms with Crippen molar-refractivity contribution in [2.45, 2.75) is 97.6 Å². The van der Waals surface area contributed by atoms with Gasteiger partial charge in [0.15, 0.2) is 0 Å². The molecule has 0 aliphatic carbocycles. The van der Waals surface area contributed by atoms with Crippen LogP contribution < -0.4 is 16.0 Å². The number of aliphatic carboxylic acids is 2. The van der Waals surface area contributed by atoms with Gasteiger partial charge < -0.3 is 25.3 Å². The van der Waals surface area contributed by atoms with Crippen LogP contribution in [0.25, 0.3) is 12.2 Å². The van der Waals surface area contributed by atoms with Gasteiger partial charge in [0, 0.05) is 64.1 Å². The van der Waals surface area contributed by atoms with E-state index in [1.165, 1.54) is 0 Å². The van der Waals surface area contributed by atoms with Crippen molar-refractivity contribution < 1.29 is 29.7 Å². The number of aromatic nitrogens is 2. The highest BCUT2D eigenvalue weighted by molar-refractivity contribution is 7.80. The average Bonchev–Trinajstić information content (AvgIpc) is 3.59. The van der Waals surface area contributed by atoms with Crippen molar-refractivity contribution in [2.24, 2.45) is 16.8 Å². The van der Waals surface area contributed by atoms with Crippen molar-refractivity contribution in [3.8, 4) is 0 Å². The average molecular weight is 625 g/mol. The highest BCUT2D eigenvalue weighted by atomic mass is 32.1. The number of hydrogen-bond donors (Lipinski definition) is 7. The molecule has 0 radical (unpaired) electrons. The van der Waals surface area contributed by atoms with Crippen molar-refractivity contribution in [3.63, 3.8) is 0 Å². The van der Waals surface area contributed by atoms with Gasteiger partial charge in [-0.05, 0) is 85.9 Å². The Bertz CT molecular complexity index is 1650. The first-order valence-corrected chi connectivity index (χ1v) is 15.7. The van der Waals surface area contributed by atoms with E-state index in [1.807, 2.05) is 53.7 Å². The number of aliphatic imine (C=N–C) groups is 1. The molecule has 2 aromatic rings. The van der Waals surface area contributed by atoms with Gasteiger partial charge in [-0.3, -0.25) is 19.7 Å². The summed E-state index contributed by atoms with van der Waals surface area (Å²) in [6.07, 6.45) is 4.84. The van der Waals surface area contributed by atoms with Gasteiger partial charge in [-0.1, -0.05) is 20.8 Å². The quantitative estimate of drug-likeness (QED) is 0.178. The largest absolute Gasteiger partial charge is 0.481 e. The number of aliphatic hydroxyl groups is 1. The molecule has 6 N–H and O–H groups in total. The molecule has 0 saturated carbocycles. The number of aromatic amines is 2. The Morgan fingerprint density at radius 2 is 1.66 bits per heavy atom. The first-order valence-electron chi connectivity index (χ1n) is 15.2. The minimum atomic E-state index is -0.904. The smallest absolute Gasteiger partial charge is 0.303 e. The second-order valence-corrected chi connectivity index (χ2v) is 12.9. The number of nitrogens with zero attached hydrogens (tertiary/aromatic N) is 1. The predicted molar refractivity (Wildman–Crippen MR) is 173 cm³/mol. The summed E-state index contributed by atoms with van der Waals surface area (Å²) >= 11 is 4.68. The zero-order chi connectivity index (χ0) is 32.5. The molecule has 11 heteroatoms. The molecule has 0 spiro atoms. The van der Waals surface area contributed by atoms with Crippen LogP contribution in [-0.2, 0) is 33.6 Å². The Labute approximate surface area is 262 Å². The van der Waals surface area contributed by atoms with Crippen LogP contribution in [0.15, 0.2) is 16.1 Å². The molecular formula is C33H44N4O6S. The molecule has 0 bridgehead atoms. The molecule has 0 aromatic carbocycles. The molecule has 2 aliphatic heterocycles. The zero-order valence-electron chi connectivity index (χ0n) is 26.2. The maximum Gasteiger partial charge on any atom is 0.303 e. The Kier molecular flexibility index (Phi) is 10.4. The lowest BCUT2D eigenvalue weighted by Crippen LogP contribution is -2.33. The summed E-state index contributed by atoms with van der Waals surface area (Å²) in [4.78, 5) is 46.8. The molecule has 1 saturated heterocycles. The summed E-state index contributed by atoms with van der Waals surface area (Å²) < 4.78 is 0. The third-order valence-corrected chi connectivity index (χ3v) is 9.64. The number of hydrogen-bond acceptors (Lipinski definition) is 6. The highest BCUT2D eigenvalue weighted by Gasteiger charge is 2.40. The van der Waals surface area contributed by atoms with Crippen LogP contribution in [0.3, 0.4) is 0 Å². The lowest BCUT2D eigenvalue weighted by molar-refractivity contribution is -0.138. The molecule has 10 nitrogen and oxygen atoms in total. The monoisotopic (exact) mass is 624 g/mol. The molecule has 4 heterocycles. The van der Waals surface area contributed by atoms with Gasteiger partial charge in [-0.25, -0.2) is 4.99 Å². The Balaban J connectivity index is 1.85. The predicted octanol–water partition coefficient (Wildman–Crippen LogP) is 2.71. The van der Waals surface area contributed by atoms with Gasteiger partial charge in [-0.2, -0.15) is 12.6 Å². The van der Waals surface area contributed by atoms with Gasteiger partial charge in [-0.15, -0.1) is 0 Å². The van der Waals surface area contributed by atoms with Gasteiger partial charge >= 0.3 is 11.9 Å². The Morgan fingerprint density at radius 3 is 2.23 bits per heavy atom. The number of allylic oxidation sites excluding steroid dienone is 1. The van der Waals surface area contributed by atoms with Gasteiger partial charge in [0.2, 0.25) is 0 Å². The standard InChI is InChI=1S/C33H44N4O6S/c1-7-20-15(2)25(36-33(20)43)12-23-16(3)21(8-10-29(38)39)26(34-23)14-27-22(9-11-30(40)41)17(4)24(35-27)13-28-31(19(6)44)18(5)32(42)37-28/h13-14,18-19,28,31-32,34-35,37,42,44H,7-12H2,1-6H3,(H,38,39)(H,40,41)/b24-13+,27-14-/t18-,19-,28?,31+,32?/m1/s1. The van der Waals surface area contributed by atoms with Crippen LogP contribution in [0.2, 0.25) is 0 Å². The molecule has 1 fully saturated rings. The molecule has 44 heavy (non-hydrogen) atoms. The highest BCUT2D eigenvalue weighted by Crippen LogP contribution is 2.32. The number of aliphatic hydroxyl groups excluding tert-OH is 1. The minimum absolute atomic E-state index is 0.000272. The van der Waals surface area contributed by atoms with E-state index in [4.69, 9.17) is 0 Å². The molecule has 2 aromatic heterocycles. The second kappa shape index (κ2) is 13.7. The fourth-order valence-corrected chi connectivity index (χ4v) is 7.13. The third kappa shape index (κ3) is 6.95. The molecule has 4 rings (SSSR count). The lowest BCUT2D eigenvalue weighted by Gasteiger charge is -2.22. The second-order valence-electron chi connectivity index (χ2n) is 12.1. The fraction of sp³-hybridized carbons (Fsp3) is 0.515. The van der Waals surface area contributed by atoms with Gasteiger partial charge in [0.05, 0.1) is 5.71 Å². The number of carbonyl (C=O) groups is 3. The number of amides is 1. The summed E-state index contributed by atoms with van der Waals surface area (Å²) in [6, 6.07) is -0.144. The minimum Gasteiger partial charge on any atom is -0.481 e. The number of rotatable bonds is 12. The molecule has 2 aliphatic rings. The molecule has 1 amide bonds. The third-order valence-electron chi connectivity index (χ3n) is 9.30. The number of carboxylic acids is 2. The van der Waals surface area contributed by atoms with E-state index >= 15 is 0 Å². The van der Waals surface area contributed by atoms with Gasteiger partial charge in [0.1, 0.15) is 6.23 Å². The van der Waals surface area contributed by atoms with E-state index in [0.717, 1.165) is 49.9 Å². The SMILES string of the molecule is CCC1=C(C)C(Cc2[nH]c(/C=c3\[nH]/c(=C/C4NC(O)[C@H](C)[C@H]4[C@@H](C)S)c(C)c3CCC(=O)O)c(CCC(=O)O)c2C)=NC1=O. The van der Waals surface area contributed by atoms with Crippen molar-refractivity contribution in [1.82, 2.24) is 15.3 Å². The van der Waals surface area contributed by atoms with Crippen LogP contribution in [0.4, 0.5) is 0 Å².